The van der Waals surface area contributed by atoms with E-state index in [-0.39, 0.29) is 5.60 Å². The van der Waals surface area contributed by atoms with Gasteiger partial charge >= 0.3 is 0 Å². The predicted octanol–water partition coefficient (Wildman–Crippen LogP) is 1.94. The normalized spacial score (nSPS) is 27.0. The Kier molecular flexibility index (Phi) is 5.73. The van der Waals surface area contributed by atoms with Crippen LogP contribution in [0.5, 0.6) is 0 Å². The zero-order valence-electron chi connectivity index (χ0n) is 11.0. The van der Waals surface area contributed by atoms with Crippen molar-refractivity contribution in [3.05, 3.63) is 0 Å². The van der Waals surface area contributed by atoms with E-state index in [1.807, 2.05) is 0 Å². The molecule has 2 unspecified atom stereocenters. The Morgan fingerprint density at radius 2 is 2.00 bits per heavy atom. The van der Waals surface area contributed by atoms with Crippen LogP contribution >= 0.6 is 0 Å². The van der Waals surface area contributed by atoms with Gasteiger partial charge in [0.05, 0.1) is 5.60 Å². The lowest BCUT2D eigenvalue weighted by atomic mass is 9.85. The van der Waals surface area contributed by atoms with Gasteiger partial charge in [-0.2, -0.15) is 0 Å². The highest BCUT2D eigenvalue weighted by atomic mass is 16.5. The molecule has 2 atom stereocenters. The van der Waals surface area contributed by atoms with Crippen LogP contribution in [-0.2, 0) is 4.74 Å². The molecule has 0 aliphatic heterocycles. The van der Waals surface area contributed by atoms with Gasteiger partial charge in [-0.25, -0.2) is 0 Å². The van der Waals surface area contributed by atoms with Crippen molar-refractivity contribution in [2.45, 2.75) is 57.6 Å². The first kappa shape index (κ1) is 13.9. The van der Waals surface area contributed by atoms with E-state index in [4.69, 9.17) is 4.74 Å². The molecule has 3 heteroatoms. The van der Waals surface area contributed by atoms with E-state index in [2.05, 4.69) is 19.2 Å². The first-order valence-corrected chi connectivity index (χ1v) is 6.48. The number of methoxy groups -OCH3 is 1. The molecule has 0 aromatic heterocycles. The minimum absolute atomic E-state index is 0.0453. The summed E-state index contributed by atoms with van der Waals surface area (Å²) in [6.45, 7) is 5.52. The molecule has 1 rings (SSSR count). The summed E-state index contributed by atoms with van der Waals surface area (Å²) < 4.78 is 5.39. The molecule has 0 amide bonds. The molecule has 1 saturated carbocycles. The maximum Gasteiger partial charge on any atom is 0.0634 e. The molecule has 1 aliphatic carbocycles. The number of aliphatic hydroxyl groups is 1. The van der Waals surface area contributed by atoms with Gasteiger partial charge in [0.1, 0.15) is 0 Å². The monoisotopic (exact) mass is 229 g/mol. The van der Waals surface area contributed by atoms with E-state index in [1.54, 1.807) is 7.11 Å². The number of hydrogen-bond acceptors (Lipinski definition) is 3. The molecule has 0 spiro atoms. The quantitative estimate of drug-likeness (QED) is 0.731. The zero-order valence-corrected chi connectivity index (χ0v) is 11.0. The third-order valence-corrected chi connectivity index (χ3v) is 3.83. The summed E-state index contributed by atoms with van der Waals surface area (Å²) in [6.07, 6.45) is 5.95. The van der Waals surface area contributed by atoms with Gasteiger partial charge in [-0.05, 0) is 45.6 Å². The highest BCUT2D eigenvalue weighted by Gasteiger charge is 2.24. The van der Waals surface area contributed by atoms with Crippen molar-refractivity contribution in [2.75, 3.05) is 20.3 Å². The smallest absolute Gasteiger partial charge is 0.0634 e. The molecular weight excluding hydrogens is 202 g/mol. The predicted molar refractivity (Wildman–Crippen MR) is 66.5 cm³/mol. The summed E-state index contributed by atoms with van der Waals surface area (Å²) in [5, 5.41) is 12.9. The fourth-order valence-corrected chi connectivity index (χ4v) is 2.36. The molecule has 0 aromatic rings. The van der Waals surface area contributed by atoms with Crippen molar-refractivity contribution in [3.63, 3.8) is 0 Å². The SMILES string of the molecule is COC(C)(C)CCNC1CCCCC1CO. The molecule has 1 fully saturated rings. The molecule has 16 heavy (non-hydrogen) atoms. The minimum Gasteiger partial charge on any atom is -0.396 e. The molecule has 2 N–H and O–H groups in total. The first-order chi connectivity index (χ1) is 7.59. The molecule has 96 valence electrons. The number of rotatable bonds is 6. The summed E-state index contributed by atoms with van der Waals surface area (Å²) in [4.78, 5) is 0. The van der Waals surface area contributed by atoms with Gasteiger partial charge in [0.2, 0.25) is 0 Å². The number of nitrogens with one attached hydrogen (secondary N) is 1. The number of hydrogen-bond donors (Lipinski definition) is 2. The Balaban J connectivity index is 2.25. The van der Waals surface area contributed by atoms with Crippen molar-refractivity contribution in [1.29, 1.82) is 0 Å². The van der Waals surface area contributed by atoms with E-state index < -0.39 is 0 Å². The van der Waals surface area contributed by atoms with Crippen LogP contribution in [0.1, 0.15) is 46.0 Å². The maximum absolute atomic E-state index is 9.30. The zero-order chi connectivity index (χ0) is 12.0. The van der Waals surface area contributed by atoms with Crippen molar-refractivity contribution in [2.24, 2.45) is 5.92 Å². The maximum atomic E-state index is 9.30. The summed E-state index contributed by atoms with van der Waals surface area (Å²) in [5.41, 5.74) is -0.0453. The molecule has 0 radical (unpaired) electrons. The first-order valence-electron chi connectivity index (χ1n) is 6.48. The second-order valence-electron chi connectivity index (χ2n) is 5.50. The van der Waals surface area contributed by atoms with Crippen LogP contribution in [0, 0.1) is 5.92 Å². The summed E-state index contributed by atoms with van der Waals surface area (Å²) in [5.74, 6) is 0.458. The second kappa shape index (κ2) is 6.58. The van der Waals surface area contributed by atoms with Crippen LogP contribution in [0.25, 0.3) is 0 Å². The Labute approximate surface area is 99.6 Å². The van der Waals surface area contributed by atoms with Crippen molar-refractivity contribution in [3.8, 4) is 0 Å². The van der Waals surface area contributed by atoms with E-state index in [0.717, 1.165) is 13.0 Å². The highest BCUT2D eigenvalue weighted by Crippen LogP contribution is 2.24. The Bertz CT molecular complexity index is 194. The van der Waals surface area contributed by atoms with Gasteiger partial charge in [0, 0.05) is 19.8 Å². The van der Waals surface area contributed by atoms with Gasteiger partial charge < -0.3 is 15.2 Å². The van der Waals surface area contributed by atoms with Crippen molar-refractivity contribution < 1.29 is 9.84 Å². The number of aliphatic hydroxyl groups excluding tert-OH is 1. The molecule has 0 heterocycles. The van der Waals surface area contributed by atoms with Crippen LogP contribution in [0.4, 0.5) is 0 Å². The van der Waals surface area contributed by atoms with Crippen LogP contribution in [0.2, 0.25) is 0 Å². The largest absolute Gasteiger partial charge is 0.396 e. The fourth-order valence-electron chi connectivity index (χ4n) is 2.36. The molecule has 1 aliphatic rings. The summed E-state index contributed by atoms with van der Waals surface area (Å²) >= 11 is 0. The standard InChI is InChI=1S/C13H27NO2/c1-13(2,16-3)8-9-14-12-7-5-4-6-11(12)10-15/h11-12,14-15H,4-10H2,1-3H3. The Hall–Kier alpha value is -0.120. The number of ether oxygens (including phenoxy) is 1. The van der Waals surface area contributed by atoms with Gasteiger partial charge in [0.15, 0.2) is 0 Å². The van der Waals surface area contributed by atoms with Crippen molar-refractivity contribution >= 4 is 0 Å². The van der Waals surface area contributed by atoms with E-state index >= 15 is 0 Å². The van der Waals surface area contributed by atoms with Gasteiger partial charge in [0.25, 0.3) is 0 Å². The molecule has 0 saturated heterocycles. The van der Waals surface area contributed by atoms with E-state index in [9.17, 15) is 5.11 Å². The molecule has 0 bridgehead atoms. The lowest BCUT2D eigenvalue weighted by Gasteiger charge is -2.32. The third-order valence-electron chi connectivity index (χ3n) is 3.83. The lowest BCUT2D eigenvalue weighted by Crippen LogP contribution is -2.42. The lowest BCUT2D eigenvalue weighted by molar-refractivity contribution is 0.0142. The van der Waals surface area contributed by atoms with Crippen LogP contribution in [0.3, 0.4) is 0 Å². The highest BCUT2D eigenvalue weighted by molar-refractivity contribution is 4.81. The van der Waals surface area contributed by atoms with Gasteiger partial charge in [-0.1, -0.05) is 12.8 Å². The van der Waals surface area contributed by atoms with E-state index in [1.165, 1.54) is 25.7 Å². The van der Waals surface area contributed by atoms with Crippen LogP contribution < -0.4 is 5.32 Å². The third kappa shape index (κ3) is 4.40. The molecule has 0 aromatic carbocycles. The van der Waals surface area contributed by atoms with Crippen LogP contribution in [0.15, 0.2) is 0 Å². The van der Waals surface area contributed by atoms with Crippen LogP contribution in [-0.4, -0.2) is 37.0 Å². The minimum atomic E-state index is -0.0453. The second-order valence-corrected chi connectivity index (χ2v) is 5.50. The van der Waals surface area contributed by atoms with Gasteiger partial charge in [-0.3, -0.25) is 0 Å². The van der Waals surface area contributed by atoms with Gasteiger partial charge in [-0.15, -0.1) is 0 Å². The average Bonchev–Trinajstić information content (AvgIpc) is 2.29. The van der Waals surface area contributed by atoms with E-state index in [0.29, 0.717) is 18.6 Å². The average molecular weight is 229 g/mol. The Morgan fingerprint density at radius 1 is 1.31 bits per heavy atom. The molecule has 3 nitrogen and oxygen atoms in total. The molecular formula is C13H27NO2. The summed E-state index contributed by atoms with van der Waals surface area (Å²) in [6, 6.07) is 0.506. The van der Waals surface area contributed by atoms with Crippen molar-refractivity contribution in [1.82, 2.24) is 5.32 Å². The Morgan fingerprint density at radius 3 is 2.62 bits per heavy atom. The fraction of sp³-hybridized carbons (Fsp3) is 1.00. The summed E-state index contributed by atoms with van der Waals surface area (Å²) in [7, 11) is 1.76. The topological polar surface area (TPSA) is 41.5 Å².